The molecular formula is C18H21NO2. The number of nitrogens with two attached hydrogens (primary N) is 1. The molecule has 2 aromatic carbocycles. The van der Waals surface area contributed by atoms with Crippen molar-refractivity contribution in [2.75, 3.05) is 0 Å². The van der Waals surface area contributed by atoms with Crippen molar-refractivity contribution >= 4 is 5.97 Å². The predicted molar refractivity (Wildman–Crippen MR) is 83.8 cm³/mol. The molecule has 110 valence electrons. The Labute approximate surface area is 125 Å². The Morgan fingerprint density at radius 2 is 1.71 bits per heavy atom. The van der Waals surface area contributed by atoms with Crippen LogP contribution in [0.1, 0.15) is 29.7 Å². The fourth-order valence-electron chi connectivity index (χ4n) is 2.21. The molecule has 0 aliphatic rings. The molecule has 0 aromatic heterocycles. The zero-order valence-corrected chi connectivity index (χ0v) is 12.5. The maximum absolute atomic E-state index is 12.1. The summed E-state index contributed by atoms with van der Waals surface area (Å²) in [5.74, 6) is -0.366. The van der Waals surface area contributed by atoms with E-state index < -0.39 is 6.04 Å². The number of benzene rings is 2. The molecule has 0 bridgehead atoms. The van der Waals surface area contributed by atoms with Crippen LogP contribution in [0, 0.1) is 6.92 Å². The van der Waals surface area contributed by atoms with Crippen LogP contribution in [0.15, 0.2) is 54.6 Å². The topological polar surface area (TPSA) is 52.3 Å². The summed E-state index contributed by atoms with van der Waals surface area (Å²) in [6.45, 7) is 3.87. The molecule has 0 aliphatic carbocycles. The van der Waals surface area contributed by atoms with Crippen LogP contribution in [0.4, 0.5) is 0 Å². The van der Waals surface area contributed by atoms with Gasteiger partial charge in [-0.2, -0.15) is 0 Å². The lowest BCUT2D eigenvalue weighted by molar-refractivity contribution is -0.150. The number of carbonyl (C=O) groups is 1. The van der Waals surface area contributed by atoms with E-state index >= 15 is 0 Å². The molecule has 1 unspecified atom stereocenters. The van der Waals surface area contributed by atoms with Gasteiger partial charge in [0.25, 0.3) is 0 Å². The van der Waals surface area contributed by atoms with Crippen molar-refractivity contribution in [3.63, 3.8) is 0 Å². The monoisotopic (exact) mass is 283 g/mol. The van der Waals surface area contributed by atoms with Crippen LogP contribution >= 0.6 is 0 Å². The second-order valence-electron chi connectivity index (χ2n) is 5.23. The van der Waals surface area contributed by atoms with E-state index in [1.54, 1.807) is 0 Å². The summed E-state index contributed by atoms with van der Waals surface area (Å²) in [5, 5.41) is 0. The number of ether oxygens (including phenoxy) is 1. The second-order valence-corrected chi connectivity index (χ2v) is 5.23. The first-order valence-corrected chi connectivity index (χ1v) is 7.13. The van der Waals surface area contributed by atoms with Crippen molar-refractivity contribution < 1.29 is 9.53 Å². The first kappa shape index (κ1) is 15.3. The Balaban J connectivity index is 1.95. The van der Waals surface area contributed by atoms with Crippen LogP contribution in [0.3, 0.4) is 0 Å². The summed E-state index contributed by atoms with van der Waals surface area (Å²) < 4.78 is 5.45. The summed E-state index contributed by atoms with van der Waals surface area (Å²) >= 11 is 0. The SMILES string of the molecule is Cc1ccccc1C[C@H](N)C(=O)OC(C)c1ccccc1. The third-order valence-electron chi connectivity index (χ3n) is 3.57. The largest absolute Gasteiger partial charge is 0.457 e. The molecule has 21 heavy (non-hydrogen) atoms. The van der Waals surface area contributed by atoms with Gasteiger partial charge in [0.05, 0.1) is 0 Å². The molecule has 3 heteroatoms. The van der Waals surface area contributed by atoms with Crippen LogP contribution in [-0.2, 0) is 16.0 Å². The van der Waals surface area contributed by atoms with Gasteiger partial charge in [-0.05, 0) is 37.0 Å². The highest BCUT2D eigenvalue weighted by Gasteiger charge is 2.19. The first-order chi connectivity index (χ1) is 10.1. The molecule has 0 aliphatic heterocycles. The maximum atomic E-state index is 12.1. The molecule has 0 fully saturated rings. The van der Waals surface area contributed by atoms with Gasteiger partial charge < -0.3 is 10.5 Å². The van der Waals surface area contributed by atoms with Gasteiger partial charge in [0.2, 0.25) is 0 Å². The molecule has 2 rings (SSSR count). The highest BCUT2D eigenvalue weighted by atomic mass is 16.5. The molecule has 0 spiro atoms. The minimum atomic E-state index is -0.641. The normalized spacial score (nSPS) is 13.5. The highest BCUT2D eigenvalue weighted by Crippen LogP contribution is 2.17. The Morgan fingerprint density at radius 3 is 2.38 bits per heavy atom. The lowest BCUT2D eigenvalue weighted by Gasteiger charge is -2.17. The standard InChI is InChI=1S/C18H21NO2/c1-13-8-6-7-11-16(13)12-17(19)18(20)21-14(2)15-9-4-3-5-10-15/h3-11,14,17H,12,19H2,1-2H3/t14?,17-/m0/s1. The quantitative estimate of drug-likeness (QED) is 0.857. The molecule has 2 N–H and O–H groups in total. The minimum Gasteiger partial charge on any atom is -0.457 e. The smallest absolute Gasteiger partial charge is 0.323 e. The fraction of sp³-hybridized carbons (Fsp3) is 0.278. The molecule has 2 aromatic rings. The molecule has 0 amide bonds. The number of hydrogen-bond acceptors (Lipinski definition) is 3. The van der Waals surface area contributed by atoms with Gasteiger partial charge in [0.1, 0.15) is 12.1 Å². The number of hydrogen-bond donors (Lipinski definition) is 1. The fourth-order valence-corrected chi connectivity index (χ4v) is 2.21. The summed E-state index contributed by atoms with van der Waals surface area (Å²) in [5.41, 5.74) is 9.15. The van der Waals surface area contributed by atoms with E-state index in [1.165, 1.54) is 0 Å². The zero-order valence-electron chi connectivity index (χ0n) is 12.5. The number of esters is 1. The van der Waals surface area contributed by atoms with Crippen molar-refractivity contribution in [1.29, 1.82) is 0 Å². The van der Waals surface area contributed by atoms with Crippen molar-refractivity contribution in [2.45, 2.75) is 32.4 Å². The first-order valence-electron chi connectivity index (χ1n) is 7.13. The molecule has 2 atom stereocenters. The third-order valence-corrected chi connectivity index (χ3v) is 3.57. The van der Waals surface area contributed by atoms with Crippen molar-refractivity contribution in [3.05, 3.63) is 71.3 Å². The molecular weight excluding hydrogens is 262 g/mol. The number of rotatable bonds is 5. The highest BCUT2D eigenvalue weighted by molar-refractivity contribution is 5.76. The van der Waals surface area contributed by atoms with Crippen molar-refractivity contribution in [1.82, 2.24) is 0 Å². The van der Waals surface area contributed by atoms with Gasteiger partial charge >= 0.3 is 5.97 Å². The van der Waals surface area contributed by atoms with E-state index in [4.69, 9.17) is 10.5 Å². The average molecular weight is 283 g/mol. The molecule has 0 saturated carbocycles. The lowest BCUT2D eigenvalue weighted by atomic mass is 10.0. The third kappa shape index (κ3) is 4.17. The van der Waals surface area contributed by atoms with Crippen LogP contribution in [0.5, 0.6) is 0 Å². The minimum absolute atomic E-state index is 0.290. The Kier molecular flexibility index (Phi) is 5.12. The summed E-state index contributed by atoms with van der Waals surface area (Å²) in [4.78, 5) is 12.1. The van der Waals surface area contributed by atoms with E-state index in [9.17, 15) is 4.79 Å². The lowest BCUT2D eigenvalue weighted by Crippen LogP contribution is -2.35. The summed E-state index contributed by atoms with van der Waals surface area (Å²) in [7, 11) is 0. The maximum Gasteiger partial charge on any atom is 0.323 e. The Morgan fingerprint density at radius 1 is 1.10 bits per heavy atom. The summed E-state index contributed by atoms with van der Waals surface area (Å²) in [6, 6.07) is 16.9. The van der Waals surface area contributed by atoms with Crippen molar-refractivity contribution in [3.8, 4) is 0 Å². The van der Waals surface area contributed by atoms with Gasteiger partial charge in [-0.3, -0.25) is 4.79 Å². The van der Waals surface area contributed by atoms with Crippen LogP contribution in [-0.4, -0.2) is 12.0 Å². The Bertz CT molecular complexity index is 595. The number of carbonyl (C=O) groups excluding carboxylic acids is 1. The van der Waals surface area contributed by atoms with E-state index in [2.05, 4.69) is 0 Å². The van der Waals surface area contributed by atoms with Gasteiger partial charge in [-0.25, -0.2) is 0 Å². The molecule has 0 radical (unpaired) electrons. The molecule has 0 saturated heterocycles. The zero-order chi connectivity index (χ0) is 15.2. The van der Waals surface area contributed by atoms with E-state index in [0.29, 0.717) is 6.42 Å². The molecule has 0 heterocycles. The average Bonchev–Trinajstić information content (AvgIpc) is 2.50. The van der Waals surface area contributed by atoms with Crippen LogP contribution in [0.2, 0.25) is 0 Å². The Hall–Kier alpha value is -2.13. The van der Waals surface area contributed by atoms with Gasteiger partial charge in [0.15, 0.2) is 0 Å². The predicted octanol–water partition coefficient (Wildman–Crippen LogP) is 3.17. The van der Waals surface area contributed by atoms with E-state index in [-0.39, 0.29) is 12.1 Å². The van der Waals surface area contributed by atoms with Gasteiger partial charge in [-0.15, -0.1) is 0 Å². The van der Waals surface area contributed by atoms with Crippen molar-refractivity contribution in [2.24, 2.45) is 5.73 Å². The van der Waals surface area contributed by atoms with Crippen LogP contribution in [0.25, 0.3) is 0 Å². The van der Waals surface area contributed by atoms with E-state index in [1.807, 2.05) is 68.4 Å². The second kappa shape index (κ2) is 7.04. The van der Waals surface area contributed by atoms with Gasteiger partial charge in [-0.1, -0.05) is 54.6 Å². The summed E-state index contributed by atoms with van der Waals surface area (Å²) in [6.07, 6.45) is 0.203. The van der Waals surface area contributed by atoms with E-state index in [0.717, 1.165) is 16.7 Å². The van der Waals surface area contributed by atoms with Crippen LogP contribution < -0.4 is 5.73 Å². The molecule has 3 nitrogen and oxygen atoms in total. The van der Waals surface area contributed by atoms with Gasteiger partial charge in [0, 0.05) is 0 Å². The number of aryl methyl sites for hydroxylation is 1.